The molecule has 0 saturated carbocycles. The second-order valence-electron chi connectivity index (χ2n) is 6.74. The highest BCUT2D eigenvalue weighted by Gasteiger charge is 2.28. The number of aryl methyl sites for hydroxylation is 1. The Morgan fingerprint density at radius 1 is 1.15 bits per heavy atom. The summed E-state index contributed by atoms with van der Waals surface area (Å²) in [5.74, 6) is 2.24. The highest BCUT2D eigenvalue weighted by atomic mass is 16.5. The Balaban J connectivity index is 1.56. The van der Waals surface area contributed by atoms with Crippen LogP contribution in [-0.4, -0.2) is 21.1 Å². The van der Waals surface area contributed by atoms with Gasteiger partial charge in [-0.15, -0.1) is 0 Å². The van der Waals surface area contributed by atoms with E-state index in [1.807, 2.05) is 25.1 Å². The van der Waals surface area contributed by atoms with E-state index in [-0.39, 0.29) is 0 Å². The van der Waals surface area contributed by atoms with Gasteiger partial charge in [0.2, 0.25) is 5.95 Å². The van der Waals surface area contributed by atoms with E-state index in [4.69, 9.17) is 14.5 Å². The highest BCUT2D eigenvalue weighted by Crippen LogP contribution is 2.37. The lowest BCUT2D eigenvalue weighted by Crippen LogP contribution is -2.08. The van der Waals surface area contributed by atoms with Crippen LogP contribution in [0.3, 0.4) is 0 Å². The molecule has 1 N–H and O–H groups in total. The van der Waals surface area contributed by atoms with Gasteiger partial charge in [0.05, 0.1) is 5.69 Å². The number of fused-ring (bicyclic) bond motifs is 1. The van der Waals surface area contributed by atoms with E-state index in [0.717, 1.165) is 66.0 Å². The summed E-state index contributed by atoms with van der Waals surface area (Å²) >= 11 is 0. The smallest absolute Gasteiger partial charge is 0.204 e. The minimum atomic E-state index is 0.656. The number of hydrogen-bond acceptors (Lipinski definition) is 5. The molecule has 4 heterocycles. The second kappa shape index (κ2) is 6.46. The molecule has 6 heteroatoms. The Labute approximate surface area is 157 Å². The first-order valence-electron chi connectivity index (χ1n) is 9.18. The van der Waals surface area contributed by atoms with Gasteiger partial charge in [0.25, 0.3) is 0 Å². The van der Waals surface area contributed by atoms with Crippen molar-refractivity contribution in [3.05, 3.63) is 71.7 Å². The van der Waals surface area contributed by atoms with Gasteiger partial charge in [0.15, 0.2) is 11.5 Å². The van der Waals surface area contributed by atoms with Crippen LogP contribution in [0.5, 0.6) is 0 Å². The first-order valence-corrected chi connectivity index (χ1v) is 9.18. The summed E-state index contributed by atoms with van der Waals surface area (Å²) in [5.41, 5.74) is 4.61. The van der Waals surface area contributed by atoms with Crippen LogP contribution in [0.15, 0.2) is 60.3 Å². The molecule has 0 aromatic carbocycles. The van der Waals surface area contributed by atoms with Crippen LogP contribution in [0.25, 0.3) is 17.1 Å². The summed E-state index contributed by atoms with van der Waals surface area (Å²) < 4.78 is 14.0. The molecule has 2 aliphatic heterocycles. The zero-order chi connectivity index (χ0) is 18.2. The molecule has 0 amide bonds. The maximum Gasteiger partial charge on any atom is 0.204 e. The van der Waals surface area contributed by atoms with Crippen LogP contribution >= 0.6 is 0 Å². The maximum absolute atomic E-state index is 6.27. The van der Waals surface area contributed by atoms with Gasteiger partial charge in [-0.3, -0.25) is 4.98 Å². The molecule has 1 aliphatic carbocycles. The third-order valence-electron chi connectivity index (χ3n) is 4.85. The summed E-state index contributed by atoms with van der Waals surface area (Å²) in [6.07, 6.45) is 11.6. The number of nitrogens with one attached hydrogen (secondary N) is 1. The Morgan fingerprint density at radius 2 is 2.07 bits per heavy atom. The van der Waals surface area contributed by atoms with Crippen LogP contribution in [0, 0.1) is 6.92 Å². The lowest BCUT2D eigenvalue weighted by atomic mass is 10.0. The molecule has 0 spiro atoms. The van der Waals surface area contributed by atoms with Crippen molar-refractivity contribution in [3.8, 4) is 11.4 Å². The summed E-state index contributed by atoms with van der Waals surface area (Å²) in [6.45, 7) is 3.66. The van der Waals surface area contributed by atoms with Crippen LogP contribution in [0.2, 0.25) is 0 Å². The Kier molecular flexibility index (Phi) is 3.81. The fraction of sp³-hybridized carbons (Fsp3) is 0.238. The number of hydrogen-bond donors (Lipinski definition) is 1. The summed E-state index contributed by atoms with van der Waals surface area (Å²) in [5, 5.41) is 3.32. The van der Waals surface area contributed by atoms with Crippen LogP contribution in [0.4, 0.5) is 5.95 Å². The normalized spacial score (nSPS) is 17.9. The Hall–Kier alpha value is -3.28. The molecule has 6 nitrogen and oxygen atoms in total. The van der Waals surface area contributed by atoms with Crippen molar-refractivity contribution in [1.82, 2.24) is 14.5 Å². The molecule has 2 aromatic heterocycles. The van der Waals surface area contributed by atoms with E-state index < -0.39 is 0 Å². The largest absolute Gasteiger partial charge is 0.465 e. The van der Waals surface area contributed by atoms with E-state index in [0.29, 0.717) is 5.76 Å². The zero-order valence-corrected chi connectivity index (χ0v) is 15.1. The molecule has 2 aromatic rings. The van der Waals surface area contributed by atoms with Crippen molar-refractivity contribution in [1.29, 1.82) is 0 Å². The number of aromatic nitrogens is 3. The molecule has 0 fully saturated rings. The third kappa shape index (κ3) is 2.83. The van der Waals surface area contributed by atoms with Crippen molar-refractivity contribution in [2.45, 2.75) is 26.3 Å². The minimum Gasteiger partial charge on any atom is -0.465 e. The van der Waals surface area contributed by atoms with E-state index >= 15 is 0 Å². The number of allylic oxidation sites excluding steroid dienone is 4. The standard InChI is InChI=1S/C21H20N4O2/c1-14-6-5-9-16(23-14)19-20(25-11-10-22-21(25)24-19)18-13-26-12-17(27-18)15-7-3-2-4-8-15/h2-3,5-7,9,12-13H,4,8,10-11H2,1H3,(H,22,24). The van der Waals surface area contributed by atoms with E-state index in [1.54, 1.807) is 12.5 Å². The SMILES string of the molecule is Cc1cccc(-c2nc3n(c2C2=COC=C(C4=CC=CCC4)O2)CCN3)n1. The summed E-state index contributed by atoms with van der Waals surface area (Å²) in [6, 6.07) is 5.95. The molecule has 0 atom stereocenters. The molecule has 0 radical (unpaired) electrons. The average Bonchev–Trinajstić information content (AvgIpc) is 3.30. The minimum absolute atomic E-state index is 0.656. The first kappa shape index (κ1) is 15.9. The zero-order valence-electron chi connectivity index (χ0n) is 15.1. The molecular weight excluding hydrogens is 340 g/mol. The van der Waals surface area contributed by atoms with Crippen molar-refractivity contribution >= 4 is 11.7 Å². The van der Waals surface area contributed by atoms with Crippen molar-refractivity contribution < 1.29 is 9.47 Å². The van der Waals surface area contributed by atoms with E-state index in [9.17, 15) is 0 Å². The monoisotopic (exact) mass is 360 g/mol. The maximum atomic E-state index is 6.27. The molecule has 0 saturated heterocycles. The molecule has 136 valence electrons. The Morgan fingerprint density at radius 3 is 2.93 bits per heavy atom. The molecular formula is C21H20N4O2. The highest BCUT2D eigenvalue weighted by molar-refractivity contribution is 5.76. The Bertz CT molecular complexity index is 1030. The van der Waals surface area contributed by atoms with Gasteiger partial charge in [0, 0.05) is 18.8 Å². The molecule has 0 bridgehead atoms. The summed E-state index contributed by atoms with van der Waals surface area (Å²) in [4.78, 5) is 9.44. The number of pyridine rings is 1. The van der Waals surface area contributed by atoms with Crippen molar-refractivity contribution in [3.63, 3.8) is 0 Å². The third-order valence-corrected chi connectivity index (χ3v) is 4.85. The van der Waals surface area contributed by atoms with Gasteiger partial charge in [-0.25, -0.2) is 4.98 Å². The van der Waals surface area contributed by atoms with Gasteiger partial charge >= 0.3 is 0 Å². The van der Waals surface area contributed by atoms with Gasteiger partial charge in [-0.2, -0.15) is 0 Å². The molecule has 5 rings (SSSR count). The number of anilines is 1. The summed E-state index contributed by atoms with van der Waals surface area (Å²) in [7, 11) is 0. The lowest BCUT2D eigenvalue weighted by Gasteiger charge is -2.20. The van der Waals surface area contributed by atoms with Crippen LogP contribution < -0.4 is 5.32 Å². The number of ether oxygens (including phenoxy) is 2. The predicted octanol–water partition coefficient (Wildman–Crippen LogP) is 4.14. The predicted molar refractivity (Wildman–Crippen MR) is 103 cm³/mol. The van der Waals surface area contributed by atoms with Gasteiger partial charge in [0.1, 0.15) is 23.9 Å². The molecule has 3 aliphatic rings. The number of nitrogens with zero attached hydrogens (tertiary/aromatic N) is 3. The molecule has 0 unspecified atom stereocenters. The van der Waals surface area contributed by atoms with Gasteiger partial charge in [-0.05, 0) is 37.5 Å². The van der Waals surface area contributed by atoms with Gasteiger partial charge < -0.3 is 19.4 Å². The topological polar surface area (TPSA) is 61.2 Å². The van der Waals surface area contributed by atoms with Crippen LogP contribution in [0.1, 0.15) is 24.2 Å². The number of imidazole rings is 1. The fourth-order valence-electron chi connectivity index (χ4n) is 3.57. The lowest BCUT2D eigenvalue weighted by molar-refractivity contribution is 0.283. The van der Waals surface area contributed by atoms with Crippen LogP contribution in [-0.2, 0) is 16.0 Å². The number of rotatable bonds is 3. The van der Waals surface area contributed by atoms with Crippen molar-refractivity contribution in [2.24, 2.45) is 0 Å². The van der Waals surface area contributed by atoms with E-state index in [1.165, 1.54) is 0 Å². The van der Waals surface area contributed by atoms with E-state index in [2.05, 4.69) is 33.1 Å². The van der Waals surface area contributed by atoms with Crippen molar-refractivity contribution in [2.75, 3.05) is 11.9 Å². The quantitative estimate of drug-likeness (QED) is 0.891. The second-order valence-corrected chi connectivity index (χ2v) is 6.74. The van der Waals surface area contributed by atoms with Gasteiger partial charge in [-0.1, -0.05) is 24.3 Å². The average molecular weight is 360 g/mol. The molecule has 27 heavy (non-hydrogen) atoms. The fourth-order valence-corrected chi connectivity index (χ4v) is 3.57. The first-order chi connectivity index (χ1) is 13.3.